The molecule has 0 amide bonds. The van der Waals surface area contributed by atoms with Crippen molar-refractivity contribution in [3.63, 3.8) is 0 Å². The molecule has 0 bridgehead atoms. The van der Waals surface area contributed by atoms with Crippen molar-refractivity contribution in [2.75, 3.05) is 20.3 Å². The molecule has 0 aliphatic heterocycles. The highest BCUT2D eigenvalue weighted by atomic mass is 32.2. The fourth-order valence-electron chi connectivity index (χ4n) is 1.45. The summed E-state index contributed by atoms with van der Waals surface area (Å²) in [6.45, 7) is 12.4. The quantitative estimate of drug-likeness (QED) is 0.266. The standard InChI is InChI=1S/C11H20O4S.C5H8O/c1-4-11(5-2)16(13,14)10(3)6-8-15-9-7-12;1-4-5(2)6-3/h4,7,10H,5-6,8-9H2,1-3H3;4H,1-2H2,3H3/b11-4-;. The molecular weight excluding hydrogens is 304 g/mol. The molecule has 0 rings (SSSR count). The lowest BCUT2D eigenvalue weighted by Crippen LogP contribution is -2.21. The molecule has 128 valence electrons. The van der Waals surface area contributed by atoms with Gasteiger partial charge in [-0.05, 0) is 32.8 Å². The van der Waals surface area contributed by atoms with Gasteiger partial charge in [-0.2, -0.15) is 0 Å². The third-order valence-electron chi connectivity index (χ3n) is 2.91. The summed E-state index contributed by atoms with van der Waals surface area (Å²) in [5.74, 6) is 0.606. The number of rotatable bonds is 10. The molecule has 0 aliphatic rings. The minimum absolute atomic E-state index is 0.0248. The van der Waals surface area contributed by atoms with Crippen LogP contribution >= 0.6 is 0 Å². The number of methoxy groups -OCH3 is 1. The smallest absolute Gasteiger partial charge is 0.176 e. The summed E-state index contributed by atoms with van der Waals surface area (Å²) in [5, 5.41) is -0.467. The maximum atomic E-state index is 12.0. The largest absolute Gasteiger partial charge is 0.497 e. The second-order valence-electron chi connectivity index (χ2n) is 4.37. The van der Waals surface area contributed by atoms with Crippen molar-refractivity contribution < 1.29 is 22.7 Å². The number of hydrogen-bond donors (Lipinski definition) is 0. The van der Waals surface area contributed by atoms with Gasteiger partial charge in [-0.1, -0.05) is 26.2 Å². The van der Waals surface area contributed by atoms with Gasteiger partial charge in [-0.3, -0.25) is 0 Å². The molecule has 0 aromatic heterocycles. The van der Waals surface area contributed by atoms with Gasteiger partial charge in [0.15, 0.2) is 9.84 Å². The first kappa shape index (κ1) is 22.9. The van der Waals surface area contributed by atoms with Gasteiger partial charge < -0.3 is 14.3 Å². The number of sulfone groups is 1. The zero-order valence-electron chi connectivity index (χ0n) is 14.0. The molecule has 0 fully saturated rings. The molecule has 0 saturated carbocycles. The minimum atomic E-state index is -3.20. The Morgan fingerprint density at radius 2 is 1.95 bits per heavy atom. The Hall–Kier alpha value is -1.40. The Balaban J connectivity index is 0. The molecule has 22 heavy (non-hydrogen) atoms. The van der Waals surface area contributed by atoms with E-state index in [1.54, 1.807) is 33.1 Å². The second kappa shape index (κ2) is 13.3. The van der Waals surface area contributed by atoms with Crippen LogP contribution in [0.2, 0.25) is 0 Å². The first-order valence-electron chi connectivity index (χ1n) is 7.07. The maximum absolute atomic E-state index is 12.0. The van der Waals surface area contributed by atoms with Gasteiger partial charge in [0, 0.05) is 11.5 Å². The Labute approximate surface area is 134 Å². The van der Waals surface area contributed by atoms with Crippen LogP contribution in [0.15, 0.2) is 36.0 Å². The van der Waals surface area contributed by atoms with E-state index in [1.165, 1.54) is 0 Å². The maximum Gasteiger partial charge on any atom is 0.176 e. The Kier molecular flexibility index (Phi) is 13.8. The van der Waals surface area contributed by atoms with Crippen molar-refractivity contribution in [2.45, 2.75) is 38.9 Å². The highest BCUT2D eigenvalue weighted by Gasteiger charge is 2.23. The normalized spacial score (nSPS) is 12.6. The summed E-state index contributed by atoms with van der Waals surface area (Å²) < 4.78 is 33.5. The third-order valence-corrected chi connectivity index (χ3v) is 5.46. The predicted molar refractivity (Wildman–Crippen MR) is 90.3 cm³/mol. The van der Waals surface area contributed by atoms with E-state index in [2.05, 4.69) is 17.9 Å². The van der Waals surface area contributed by atoms with Crippen LogP contribution in [0, 0.1) is 0 Å². The summed E-state index contributed by atoms with van der Waals surface area (Å²) in [5.41, 5.74) is 0. The van der Waals surface area contributed by atoms with Crippen molar-refractivity contribution in [1.29, 1.82) is 0 Å². The van der Waals surface area contributed by atoms with E-state index in [1.807, 2.05) is 6.92 Å². The molecule has 6 heteroatoms. The molecule has 0 aromatic carbocycles. The van der Waals surface area contributed by atoms with Gasteiger partial charge >= 0.3 is 0 Å². The number of carbonyl (C=O) groups is 1. The van der Waals surface area contributed by atoms with Crippen LogP contribution in [0.3, 0.4) is 0 Å². The van der Waals surface area contributed by atoms with E-state index >= 15 is 0 Å². The number of allylic oxidation sites excluding steroid dienone is 3. The molecule has 0 aliphatic carbocycles. The van der Waals surface area contributed by atoms with E-state index in [0.29, 0.717) is 36.4 Å². The molecule has 0 saturated heterocycles. The summed E-state index contributed by atoms with van der Waals surface area (Å²) in [4.78, 5) is 10.5. The summed E-state index contributed by atoms with van der Waals surface area (Å²) in [7, 11) is -1.64. The average Bonchev–Trinajstić information content (AvgIpc) is 2.51. The topological polar surface area (TPSA) is 69.7 Å². The van der Waals surface area contributed by atoms with Crippen molar-refractivity contribution in [1.82, 2.24) is 0 Å². The average molecular weight is 332 g/mol. The molecule has 0 spiro atoms. The highest BCUT2D eigenvalue weighted by molar-refractivity contribution is 7.95. The fourth-order valence-corrected chi connectivity index (χ4v) is 3.10. The summed E-state index contributed by atoms with van der Waals surface area (Å²) >= 11 is 0. The van der Waals surface area contributed by atoms with Crippen LogP contribution in [0.5, 0.6) is 0 Å². The van der Waals surface area contributed by atoms with Crippen molar-refractivity contribution in [3.8, 4) is 0 Å². The molecule has 0 aromatic rings. The summed E-state index contributed by atoms with van der Waals surface area (Å²) in [6.07, 6.45) is 4.77. The Bertz CT molecular complexity index is 463. The monoisotopic (exact) mass is 332 g/mol. The summed E-state index contributed by atoms with van der Waals surface area (Å²) in [6, 6.07) is 0. The van der Waals surface area contributed by atoms with Gasteiger partial charge in [-0.25, -0.2) is 8.42 Å². The number of carbonyl (C=O) groups excluding carboxylic acids is 1. The first-order valence-corrected chi connectivity index (χ1v) is 8.62. The van der Waals surface area contributed by atoms with Crippen LogP contribution in [-0.4, -0.2) is 40.3 Å². The molecule has 1 atom stereocenters. The predicted octanol–water partition coefficient (Wildman–Crippen LogP) is 3.04. The van der Waals surface area contributed by atoms with Crippen LogP contribution in [0.4, 0.5) is 0 Å². The van der Waals surface area contributed by atoms with Crippen LogP contribution < -0.4 is 0 Å². The molecule has 0 N–H and O–H groups in total. The SMILES string of the molecule is C/C=C(/CC)S(=O)(=O)C(C)CCOCC=O.C=CC(=C)OC. The zero-order valence-corrected chi connectivity index (χ0v) is 14.8. The lowest BCUT2D eigenvalue weighted by atomic mass is 10.3. The molecule has 1 unspecified atom stereocenters. The zero-order chi connectivity index (χ0) is 17.6. The van der Waals surface area contributed by atoms with Crippen LogP contribution in [-0.2, 0) is 24.1 Å². The van der Waals surface area contributed by atoms with Crippen molar-refractivity contribution in [2.24, 2.45) is 0 Å². The molecule has 5 nitrogen and oxygen atoms in total. The lowest BCUT2D eigenvalue weighted by molar-refractivity contribution is -0.111. The van der Waals surface area contributed by atoms with Crippen molar-refractivity contribution in [3.05, 3.63) is 36.0 Å². The third kappa shape index (κ3) is 9.52. The van der Waals surface area contributed by atoms with Gasteiger partial charge in [0.1, 0.15) is 18.7 Å². The lowest BCUT2D eigenvalue weighted by Gasteiger charge is -2.14. The number of aldehydes is 1. The first-order chi connectivity index (χ1) is 10.3. The van der Waals surface area contributed by atoms with Crippen LogP contribution in [0.1, 0.15) is 33.6 Å². The van der Waals surface area contributed by atoms with Crippen LogP contribution in [0.25, 0.3) is 0 Å². The Morgan fingerprint density at radius 3 is 2.27 bits per heavy atom. The van der Waals surface area contributed by atoms with E-state index in [4.69, 9.17) is 4.74 Å². The van der Waals surface area contributed by atoms with E-state index in [9.17, 15) is 13.2 Å². The highest BCUT2D eigenvalue weighted by Crippen LogP contribution is 2.18. The minimum Gasteiger partial charge on any atom is -0.497 e. The van der Waals surface area contributed by atoms with E-state index in [-0.39, 0.29) is 6.61 Å². The van der Waals surface area contributed by atoms with Gasteiger partial charge in [0.05, 0.1) is 12.4 Å². The fraction of sp³-hybridized carbons (Fsp3) is 0.562. The van der Waals surface area contributed by atoms with E-state index < -0.39 is 15.1 Å². The number of ether oxygens (including phenoxy) is 2. The Morgan fingerprint density at radius 1 is 1.36 bits per heavy atom. The molecular formula is C16H28O5S. The van der Waals surface area contributed by atoms with Gasteiger partial charge in [-0.15, -0.1) is 0 Å². The second-order valence-corrected chi connectivity index (χ2v) is 6.79. The number of hydrogen-bond acceptors (Lipinski definition) is 5. The van der Waals surface area contributed by atoms with Gasteiger partial charge in [0.2, 0.25) is 0 Å². The van der Waals surface area contributed by atoms with E-state index in [0.717, 1.165) is 0 Å². The molecule has 0 radical (unpaired) electrons. The van der Waals surface area contributed by atoms with Crippen molar-refractivity contribution >= 4 is 16.1 Å². The molecule has 0 heterocycles. The van der Waals surface area contributed by atoms with Gasteiger partial charge in [0.25, 0.3) is 0 Å².